The van der Waals surface area contributed by atoms with Crippen LogP contribution in [0.15, 0.2) is 23.5 Å². The third-order valence-electron chi connectivity index (χ3n) is 2.61. The number of hydrogen-bond acceptors (Lipinski definition) is 5. The minimum atomic E-state index is -4.37. The van der Waals surface area contributed by atoms with E-state index in [1.54, 1.807) is 6.07 Å². The van der Waals surface area contributed by atoms with Crippen molar-refractivity contribution in [2.45, 2.75) is 25.7 Å². The number of guanidine groups is 1. The molecular weight excluding hydrogens is 273 g/mol. The third-order valence-corrected chi connectivity index (χ3v) is 2.61. The van der Waals surface area contributed by atoms with Gasteiger partial charge in [0.25, 0.3) is 0 Å². The van der Waals surface area contributed by atoms with Gasteiger partial charge in [0.1, 0.15) is 5.75 Å². The summed E-state index contributed by atoms with van der Waals surface area (Å²) in [5.74, 6) is 0.750. The molecule has 1 unspecified atom stereocenters. The molecule has 8 heteroatoms. The van der Waals surface area contributed by atoms with Crippen LogP contribution in [0.4, 0.5) is 13.2 Å². The normalized spacial score (nSPS) is 18.4. The van der Waals surface area contributed by atoms with Crippen LogP contribution in [0.3, 0.4) is 0 Å². The van der Waals surface area contributed by atoms with Gasteiger partial charge in [-0.2, -0.15) is 13.2 Å². The average molecular weight is 288 g/mol. The molecule has 5 nitrogen and oxygen atoms in total. The minimum Gasteiger partial charge on any atom is -0.482 e. The molecule has 0 saturated carbocycles. The Balaban J connectivity index is 1.94. The van der Waals surface area contributed by atoms with Crippen LogP contribution in [0.2, 0.25) is 0 Å². The van der Waals surface area contributed by atoms with Crippen molar-refractivity contribution in [1.82, 2.24) is 15.6 Å². The molecule has 1 atom stereocenters. The first kappa shape index (κ1) is 14.4. The van der Waals surface area contributed by atoms with Crippen LogP contribution in [0, 0.1) is 0 Å². The van der Waals surface area contributed by atoms with E-state index in [-0.39, 0.29) is 11.8 Å². The van der Waals surface area contributed by atoms with Crippen molar-refractivity contribution in [3.05, 3.63) is 24.0 Å². The number of halogens is 3. The van der Waals surface area contributed by atoms with Crippen LogP contribution in [0.25, 0.3) is 0 Å². The molecule has 0 fully saturated rings. The molecule has 1 aliphatic heterocycles. The zero-order valence-corrected chi connectivity index (χ0v) is 10.9. The predicted molar refractivity (Wildman–Crippen MR) is 67.5 cm³/mol. The predicted octanol–water partition coefficient (Wildman–Crippen LogP) is 1.46. The molecule has 0 aliphatic carbocycles. The molecule has 0 saturated heterocycles. The third kappa shape index (κ3) is 4.29. The van der Waals surface area contributed by atoms with Crippen LogP contribution < -0.4 is 15.4 Å². The van der Waals surface area contributed by atoms with Gasteiger partial charge in [0.2, 0.25) is 0 Å². The Morgan fingerprint density at radius 2 is 2.30 bits per heavy atom. The lowest BCUT2D eigenvalue weighted by molar-refractivity contribution is -0.153. The fourth-order valence-electron chi connectivity index (χ4n) is 1.68. The zero-order valence-electron chi connectivity index (χ0n) is 10.9. The van der Waals surface area contributed by atoms with Gasteiger partial charge in [-0.1, -0.05) is 0 Å². The number of rotatable bonds is 4. The fourth-order valence-corrected chi connectivity index (χ4v) is 1.68. The van der Waals surface area contributed by atoms with Gasteiger partial charge < -0.3 is 15.4 Å². The van der Waals surface area contributed by atoms with E-state index >= 15 is 0 Å². The van der Waals surface area contributed by atoms with Gasteiger partial charge >= 0.3 is 6.18 Å². The summed E-state index contributed by atoms with van der Waals surface area (Å²) in [7, 11) is 0. The molecule has 2 rings (SSSR count). The summed E-state index contributed by atoms with van der Waals surface area (Å²) >= 11 is 0. The van der Waals surface area contributed by atoms with E-state index in [4.69, 9.17) is 4.74 Å². The van der Waals surface area contributed by atoms with E-state index in [1.165, 1.54) is 12.4 Å². The first-order chi connectivity index (χ1) is 9.44. The van der Waals surface area contributed by atoms with Crippen LogP contribution in [-0.2, 0) is 6.54 Å². The Labute approximate surface area is 114 Å². The SMILES string of the molecule is CC1CN=C(NCc2ccncc2OCC(F)(F)F)N1. The van der Waals surface area contributed by atoms with Crippen molar-refractivity contribution in [3.63, 3.8) is 0 Å². The van der Waals surface area contributed by atoms with Crippen LogP contribution in [0.1, 0.15) is 12.5 Å². The standard InChI is InChI=1S/C12H15F3N4O/c1-8-4-17-11(19-8)18-5-9-2-3-16-6-10(9)20-7-12(13,14)15/h2-3,6,8H,4-5,7H2,1H3,(H2,17,18,19). The largest absolute Gasteiger partial charge is 0.482 e. The summed E-state index contributed by atoms with van der Waals surface area (Å²) in [6, 6.07) is 1.87. The molecule has 0 radical (unpaired) electrons. The average Bonchev–Trinajstić information content (AvgIpc) is 2.80. The Kier molecular flexibility index (Phi) is 4.31. The van der Waals surface area contributed by atoms with Crippen molar-refractivity contribution in [2.75, 3.05) is 13.2 Å². The number of alkyl halides is 3. The highest BCUT2D eigenvalue weighted by atomic mass is 19.4. The topological polar surface area (TPSA) is 58.5 Å². The van der Waals surface area contributed by atoms with Gasteiger partial charge in [-0.3, -0.25) is 9.98 Å². The van der Waals surface area contributed by atoms with Crippen molar-refractivity contribution < 1.29 is 17.9 Å². The smallest absolute Gasteiger partial charge is 0.422 e. The second kappa shape index (κ2) is 5.98. The minimum absolute atomic E-state index is 0.115. The second-order valence-corrected chi connectivity index (χ2v) is 4.48. The first-order valence-electron chi connectivity index (χ1n) is 6.11. The molecule has 0 bridgehead atoms. The maximum Gasteiger partial charge on any atom is 0.422 e. The van der Waals surface area contributed by atoms with E-state index in [1.807, 2.05) is 6.92 Å². The van der Waals surface area contributed by atoms with E-state index in [0.29, 0.717) is 24.6 Å². The van der Waals surface area contributed by atoms with E-state index < -0.39 is 12.8 Å². The number of nitrogens with one attached hydrogen (secondary N) is 2. The van der Waals surface area contributed by atoms with Gasteiger partial charge in [0.05, 0.1) is 12.7 Å². The second-order valence-electron chi connectivity index (χ2n) is 4.48. The molecule has 110 valence electrons. The summed E-state index contributed by atoms with van der Waals surface area (Å²) in [5, 5.41) is 6.12. The summed E-state index contributed by atoms with van der Waals surface area (Å²) in [5.41, 5.74) is 0.591. The summed E-state index contributed by atoms with van der Waals surface area (Å²) in [4.78, 5) is 7.98. The van der Waals surface area contributed by atoms with E-state index in [9.17, 15) is 13.2 Å². The van der Waals surface area contributed by atoms with E-state index in [0.717, 1.165) is 0 Å². The van der Waals surface area contributed by atoms with Crippen molar-refractivity contribution in [3.8, 4) is 5.75 Å². The summed E-state index contributed by atoms with van der Waals surface area (Å²) < 4.78 is 41.2. The molecule has 0 amide bonds. The number of nitrogens with zero attached hydrogens (tertiary/aromatic N) is 2. The first-order valence-corrected chi connectivity index (χ1v) is 6.11. The van der Waals surface area contributed by atoms with Crippen LogP contribution in [-0.4, -0.2) is 36.3 Å². The number of hydrogen-bond donors (Lipinski definition) is 2. The molecule has 0 aromatic carbocycles. The Morgan fingerprint density at radius 3 is 2.95 bits per heavy atom. The lowest BCUT2D eigenvalue weighted by Gasteiger charge is -2.14. The lowest BCUT2D eigenvalue weighted by atomic mass is 10.2. The number of pyridine rings is 1. The Bertz CT molecular complexity index is 490. The quantitative estimate of drug-likeness (QED) is 0.880. The zero-order chi connectivity index (χ0) is 14.6. The maximum atomic E-state index is 12.2. The number of ether oxygens (including phenoxy) is 1. The fraction of sp³-hybridized carbons (Fsp3) is 0.500. The Morgan fingerprint density at radius 1 is 1.50 bits per heavy atom. The van der Waals surface area contributed by atoms with Crippen molar-refractivity contribution in [2.24, 2.45) is 4.99 Å². The lowest BCUT2D eigenvalue weighted by Crippen LogP contribution is -2.37. The van der Waals surface area contributed by atoms with Gasteiger partial charge in [-0.15, -0.1) is 0 Å². The monoisotopic (exact) mass is 288 g/mol. The molecule has 2 heterocycles. The van der Waals surface area contributed by atoms with Crippen molar-refractivity contribution in [1.29, 1.82) is 0 Å². The molecule has 1 aromatic heterocycles. The molecule has 1 aliphatic rings. The van der Waals surface area contributed by atoms with Gasteiger partial charge in [0, 0.05) is 24.3 Å². The van der Waals surface area contributed by atoms with E-state index in [2.05, 4.69) is 20.6 Å². The highest BCUT2D eigenvalue weighted by molar-refractivity contribution is 5.81. The van der Waals surface area contributed by atoms with Gasteiger partial charge in [0.15, 0.2) is 12.6 Å². The van der Waals surface area contributed by atoms with Crippen LogP contribution >= 0.6 is 0 Å². The molecule has 0 spiro atoms. The van der Waals surface area contributed by atoms with Gasteiger partial charge in [-0.05, 0) is 13.0 Å². The van der Waals surface area contributed by atoms with Crippen LogP contribution in [0.5, 0.6) is 5.75 Å². The summed E-state index contributed by atoms with van der Waals surface area (Å²) in [6.07, 6.45) is -1.59. The highest BCUT2D eigenvalue weighted by Crippen LogP contribution is 2.21. The van der Waals surface area contributed by atoms with Crippen molar-refractivity contribution >= 4 is 5.96 Å². The molecule has 2 N–H and O–H groups in total. The number of aromatic nitrogens is 1. The molecular formula is C12H15F3N4O. The molecule has 20 heavy (non-hydrogen) atoms. The maximum absolute atomic E-state index is 12.2. The van der Waals surface area contributed by atoms with Gasteiger partial charge in [-0.25, -0.2) is 0 Å². The summed E-state index contributed by atoms with van der Waals surface area (Å²) in [6.45, 7) is 1.65. The molecule has 1 aromatic rings. The Hall–Kier alpha value is -1.99. The number of aliphatic imine (C=N–C) groups is 1. The highest BCUT2D eigenvalue weighted by Gasteiger charge is 2.28.